The van der Waals surface area contributed by atoms with E-state index in [2.05, 4.69) is 41.4 Å². The average Bonchev–Trinajstić information content (AvgIpc) is 3.32. The molecule has 0 atom stereocenters. The summed E-state index contributed by atoms with van der Waals surface area (Å²) in [6.45, 7) is 4.12. The second-order valence-corrected chi connectivity index (χ2v) is 8.70. The van der Waals surface area contributed by atoms with Crippen molar-refractivity contribution >= 4 is 34.4 Å². The summed E-state index contributed by atoms with van der Waals surface area (Å²) in [5.74, 6) is -0.155. The van der Waals surface area contributed by atoms with E-state index in [4.69, 9.17) is 0 Å². The van der Waals surface area contributed by atoms with E-state index < -0.39 is 0 Å². The minimum atomic E-state index is -0.155. The molecule has 1 aliphatic carbocycles. The first kappa shape index (κ1) is 18.0. The Labute approximate surface area is 163 Å². The molecule has 27 heavy (non-hydrogen) atoms. The normalized spacial score (nSPS) is 14.9. The summed E-state index contributed by atoms with van der Waals surface area (Å²) in [7, 11) is 0. The third kappa shape index (κ3) is 4.00. The van der Waals surface area contributed by atoms with Crippen LogP contribution in [-0.2, 0) is 0 Å². The Bertz CT molecular complexity index is 942. The summed E-state index contributed by atoms with van der Waals surface area (Å²) in [6.07, 6.45) is 8.69. The van der Waals surface area contributed by atoms with Crippen LogP contribution in [0.15, 0.2) is 47.6 Å². The number of hydrogen-bond acceptors (Lipinski definition) is 4. The van der Waals surface area contributed by atoms with Crippen LogP contribution < -0.4 is 5.32 Å². The first-order valence-corrected chi connectivity index (χ1v) is 10.4. The molecule has 0 radical (unpaired) electrons. The number of thioether (sulfide) groups is 1. The molecule has 5 nitrogen and oxygen atoms in total. The molecule has 0 aliphatic heterocycles. The highest BCUT2D eigenvalue weighted by atomic mass is 32.2. The molecule has 0 unspecified atom stereocenters. The van der Waals surface area contributed by atoms with Gasteiger partial charge in [0, 0.05) is 33.5 Å². The lowest BCUT2D eigenvalue weighted by Crippen LogP contribution is -2.12. The number of pyridine rings is 1. The van der Waals surface area contributed by atoms with Crippen LogP contribution in [0.2, 0.25) is 0 Å². The van der Waals surface area contributed by atoms with Gasteiger partial charge in [-0.15, -0.1) is 11.8 Å². The summed E-state index contributed by atoms with van der Waals surface area (Å²) >= 11 is 1.95. The second-order valence-electron chi connectivity index (χ2n) is 7.32. The van der Waals surface area contributed by atoms with Crippen LogP contribution in [0.4, 0.5) is 5.69 Å². The fraction of sp³-hybridized carbons (Fsp3) is 0.381. The summed E-state index contributed by atoms with van der Waals surface area (Å²) in [4.78, 5) is 18.3. The number of carbonyl (C=O) groups excluding carboxylic acids is 1. The molecule has 1 fully saturated rings. The lowest BCUT2D eigenvalue weighted by molar-refractivity contribution is 0.102. The molecule has 1 aliphatic rings. The van der Waals surface area contributed by atoms with Crippen molar-refractivity contribution in [2.75, 3.05) is 5.32 Å². The Morgan fingerprint density at radius 2 is 1.93 bits per heavy atom. The van der Waals surface area contributed by atoms with Gasteiger partial charge in [-0.2, -0.15) is 5.10 Å². The molecule has 0 saturated heterocycles. The summed E-state index contributed by atoms with van der Waals surface area (Å²) in [5, 5.41) is 8.93. The predicted molar refractivity (Wildman–Crippen MR) is 110 cm³/mol. The molecule has 140 valence electrons. The van der Waals surface area contributed by atoms with Crippen molar-refractivity contribution in [2.24, 2.45) is 0 Å². The molecule has 1 N–H and O–H groups in total. The number of anilines is 1. The van der Waals surface area contributed by atoms with Crippen molar-refractivity contribution in [3.05, 3.63) is 48.3 Å². The Morgan fingerprint density at radius 1 is 1.19 bits per heavy atom. The van der Waals surface area contributed by atoms with Crippen molar-refractivity contribution in [2.45, 2.75) is 55.7 Å². The Morgan fingerprint density at radius 3 is 2.63 bits per heavy atom. The van der Waals surface area contributed by atoms with E-state index in [1.807, 2.05) is 34.6 Å². The van der Waals surface area contributed by atoms with Crippen LogP contribution in [-0.4, -0.2) is 25.9 Å². The number of rotatable bonds is 5. The summed E-state index contributed by atoms with van der Waals surface area (Å²) < 4.78 is 1.86. The van der Waals surface area contributed by atoms with E-state index in [1.54, 1.807) is 12.4 Å². The minimum absolute atomic E-state index is 0.155. The lowest BCUT2D eigenvalue weighted by atomic mass is 10.2. The molecule has 1 amide bonds. The molecule has 3 aromatic rings. The highest BCUT2D eigenvalue weighted by Crippen LogP contribution is 2.35. The number of carbonyl (C=O) groups is 1. The highest BCUT2D eigenvalue weighted by molar-refractivity contribution is 8.00. The van der Waals surface area contributed by atoms with E-state index in [0.29, 0.717) is 5.56 Å². The Hall–Kier alpha value is -2.34. The molecule has 2 aromatic heterocycles. The smallest absolute Gasteiger partial charge is 0.257 e. The van der Waals surface area contributed by atoms with Crippen molar-refractivity contribution in [1.82, 2.24) is 14.8 Å². The largest absolute Gasteiger partial charge is 0.322 e. The fourth-order valence-electron chi connectivity index (χ4n) is 3.46. The van der Waals surface area contributed by atoms with Gasteiger partial charge < -0.3 is 5.32 Å². The van der Waals surface area contributed by atoms with Crippen LogP contribution in [0.1, 0.15) is 55.9 Å². The van der Waals surface area contributed by atoms with Gasteiger partial charge in [-0.05, 0) is 57.0 Å². The third-order valence-electron chi connectivity index (χ3n) is 4.90. The van der Waals surface area contributed by atoms with Crippen LogP contribution in [0, 0.1) is 0 Å². The van der Waals surface area contributed by atoms with Crippen LogP contribution in [0.3, 0.4) is 0 Å². The lowest BCUT2D eigenvalue weighted by Gasteiger charge is -2.10. The predicted octanol–water partition coefficient (Wildman–Crippen LogP) is 5.30. The van der Waals surface area contributed by atoms with E-state index in [1.165, 1.54) is 30.6 Å². The standard InChI is InChI=1S/C21H24N4OS/c1-14(2)25-20-15(13-23-25)11-16(12-22-20)21(26)24-17-7-9-19(10-8-17)27-18-5-3-4-6-18/h7-14,18H,3-6H2,1-2H3,(H,24,26). The van der Waals surface area contributed by atoms with Gasteiger partial charge in [0.2, 0.25) is 0 Å². The van der Waals surface area contributed by atoms with E-state index in [0.717, 1.165) is 22.0 Å². The van der Waals surface area contributed by atoms with Gasteiger partial charge in [-0.25, -0.2) is 9.67 Å². The van der Waals surface area contributed by atoms with Crippen LogP contribution in [0.5, 0.6) is 0 Å². The number of amides is 1. The van der Waals surface area contributed by atoms with Gasteiger partial charge >= 0.3 is 0 Å². The van der Waals surface area contributed by atoms with Crippen molar-refractivity contribution in [3.8, 4) is 0 Å². The summed E-state index contributed by atoms with van der Waals surface area (Å²) in [6, 6.07) is 10.2. The highest BCUT2D eigenvalue weighted by Gasteiger charge is 2.16. The maximum Gasteiger partial charge on any atom is 0.257 e. The molecule has 1 aromatic carbocycles. The number of benzene rings is 1. The zero-order chi connectivity index (χ0) is 18.8. The van der Waals surface area contributed by atoms with Crippen LogP contribution in [0.25, 0.3) is 11.0 Å². The maximum absolute atomic E-state index is 12.6. The third-order valence-corrected chi connectivity index (χ3v) is 6.25. The topological polar surface area (TPSA) is 59.8 Å². The molecular formula is C21H24N4OS. The number of fused-ring (bicyclic) bond motifs is 1. The maximum atomic E-state index is 12.6. The molecule has 2 heterocycles. The molecule has 4 rings (SSSR count). The Balaban J connectivity index is 1.44. The number of nitrogens with zero attached hydrogens (tertiary/aromatic N) is 3. The average molecular weight is 381 g/mol. The first-order valence-electron chi connectivity index (χ1n) is 9.51. The van der Waals surface area contributed by atoms with E-state index in [9.17, 15) is 4.79 Å². The second kappa shape index (κ2) is 7.72. The van der Waals surface area contributed by atoms with Gasteiger partial charge in [-0.3, -0.25) is 4.79 Å². The van der Waals surface area contributed by atoms with E-state index in [-0.39, 0.29) is 11.9 Å². The molecule has 0 spiro atoms. The zero-order valence-electron chi connectivity index (χ0n) is 15.7. The van der Waals surface area contributed by atoms with Gasteiger partial charge in [-0.1, -0.05) is 12.8 Å². The molecular weight excluding hydrogens is 356 g/mol. The van der Waals surface area contributed by atoms with Crippen molar-refractivity contribution < 1.29 is 4.79 Å². The van der Waals surface area contributed by atoms with E-state index >= 15 is 0 Å². The quantitative estimate of drug-likeness (QED) is 0.652. The molecule has 0 bridgehead atoms. The molecule has 1 saturated carbocycles. The first-order chi connectivity index (χ1) is 13.1. The zero-order valence-corrected chi connectivity index (χ0v) is 16.5. The fourth-order valence-corrected chi connectivity index (χ4v) is 4.71. The summed E-state index contributed by atoms with van der Waals surface area (Å²) in [5.41, 5.74) is 2.14. The van der Waals surface area contributed by atoms with Gasteiger partial charge in [0.15, 0.2) is 5.65 Å². The number of hydrogen-bond donors (Lipinski definition) is 1. The van der Waals surface area contributed by atoms with Crippen molar-refractivity contribution in [1.29, 1.82) is 0 Å². The van der Waals surface area contributed by atoms with Gasteiger partial charge in [0.05, 0.1) is 11.8 Å². The van der Waals surface area contributed by atoms with Crippen LogP contribution >= 0.6 is 11.8 Å². The molecule has 6 heteroatoms. The number of nitrogens with one attached hydrogen (secondary N) is 1. The van der Waals surface area contributed by atoms with Gasteiger partial charge in [0.1, 0.15) is 0 Å². The Kier molecular flexibility index (Phi) is 5.16. The van der Waals surface area contributed by atoms with Gasteiger partial charge in [0.25, 0.3) is 5.91 Å². The SMILES string of the molecule is CC(C)n1ncc2cc(C(=O)Nc3ccc(SC4CCCC4)cc3)cnc21. The van der Waals surface area contributed by atoms with Crippen molar-refractivity contribution in [3.63, 3.8) is 0 Å². The minimum Gasteiger partial charge on any atom is -0.322 e. The number of aromatic nitrogens is 3. The monoisotopic (exact) mass is 380 g/mol.